The Morgan fingerprint density at radius 2 is 2.26 bits per heavy atom. The molecule has 1 aromatic rings. The highest BCUT2D eigenvalue weighted by atomic mass is 16.5. The Hall–Kier alpha value is -2.10. The topological polar surface area (TPSA) is 95.0 Å². The molecular weight excluding hydrogens is 246 g/mol. The molecule has 1 atom stereocenters. The number of aryl methyl sites for hydroxylation is 1. The fourth-order valence-electron chi connectivity index (χ4n) is 2.04. The normalized spacial score (nSPS) is 17.8. The van der Waals surface area contributed by atoms with Gasteiger partial charge >= 0.3 is 6.03 Å². The summed E-state index contributed by atoms with van der Waals surface area (Å²) in [5.41, 5.74) is 0. The molecule has 1 aliphatic rings. The molecule has 1 fully saturated rings. The second-order valence-corrected chi connectivity index (χ2v) is 4.74. The Kier molecular flexibility index (Phi) is 4.00. The van der Waals surface area contributed by atoms with Crippen molar-refractivity contribution in [3.05, 3.63) is 11.7 Å². The molecule has 19 heavy (non-hydrogen) atoms. The maximum Gasteiger partial charge on any atom is 0.318 e. The van der Waals surface area contributed by atoms with E-state index in [4.69, 9.17) is 9.78 Å². The molecule has 0 bridgehead atoms. The number of aromatic nitrogens is 2. The van der Waals surface area contributed by atoms with Crippen LogP contribution in [0.25, 0.3) is 0 Å². The quantitative estimate of drug-likeness (QED) is 0.869. The van der Waals surface area contributed by atoms with Crippen molar-refractivity contribution < 1.29 is 9.32 Å². The number of carbonyl (C=O) groups excluding carboxylic acids is 1. The van der Waals surface area contributed by atoms with Gasteiger partial charge in [-0.3, -0.25) is 0 Å². The fraction of sp³-hybridized carbons (Fsp3) is 0.667. The third kappa shape index (κ3) is 3.22. The third-order valence-electron chi connectivity index (χ3n) is 3.22. The van der Waals surface area contributed by atoms with Crippen LogP contribution in [0.1, 0.15) is 37.5 Å². The zero-order valence-electron chi connectivity index (χ0n) is 11.1. The highest BCUT2D eigenvalue weighted by molar-refractivity contribution is 5.74. The highest BCUT2D eigenvalue weighted by Gasteiger charge is 2.24. The van der Waals surface area contributed by atoms with E-state index >= 15 is 0 Å². The maximum atomic E-state index is 12.0. The molecule has 2 rings (SSSR count). The Bertz CT molecular complexity index is 485. The molecule has 1 saturated heterocycles. The lowest BCUT2D eigenvalue weighted by Crippen LogP contribution is -2.45. The van der Waals surface area contributed by atoms with Gasteiger partial charge in [0.05, 0.1) is 6.07 Å². The second-order valence-electron chi connectivity index (χ2n) is 4.74. The molecule has 0 spiro atoms. The van der Waals surface area contributed by atoms with Crippen molar-refractivity contribution in [2.24, 2.45) is 5.92 Å². The SMILES string of the molecule is Cc1noc([C@@H](C)NC(=O)N2CCC(C#N)CC2)n1. The number of hydrogen-bond donors (Lipinski definition) is 1. The monoisotopic (exact) mass is 263 g/mol. The van der Waals surface area contributed by atoms with Gasteiger partial charge in [-0.1, -0.05) is 5.16 Å². The lowest BCUT2D eigenvalue weighted by atomic mass is 9.99. The molecule has 2 amide bonds. The van der Waals surface area contributed by atoms with Gasteiger partial charge in [-0.15, -0.1) is 0 Å². The van der Waals surface area contributed by atoms with E-state index in [-0.39, 0.29) is 18.0 Å². The van der Waals surface area contributed by atoms with Crippen LogP contribution in [-0.4, -0.2) is 34.2 Å². The van der Waals surface area contributed by atoms with Crippen LogP contribution in [0.5, 0.6) is 0 Å². The van der Waals surface area contributed by atoms with Crippen molar-refractivity contribution in [3.63, 3.8) is 0 Å². The third-order valence-corrected chi connectivity index (χ3v) is 3.22. The van der Waals surface area contributed by atoms with Gasteiger partial charge in [0.15, 0.2) is 5.82 Å². The van der Waals surface area contributed by atoms with E-state index in [2.05, 4.69) is 21.5 Å². The molecular formula is C12H17N5O2. The van der Waals surface area contributed by atoms with Crippen molar-refractivity contribution in [1.29, 1.82) is 5.26 Å². The summed E-state index contributed by atoms with van der Waals surface area (Å²) < 4.78 is 5.01. The molecule has 7 nitrogen and oxygen atoms in total. The molecule has 2 heterocycles. The lowest BCUT2D eigenvalue weighted by molar-refractivity contribution is 0.173. The van der Waals surface area contributed by atoms with Crippen molar-refractivity contribution in [2.75, 3.05) is 13.1 Å². The molecule has 0 aliphatic carbocycles. The molecule has 102 valence electrons. The summed E-state index contributed by atoms with van der Waals surface area (Å²) in [7, 11) is 0. The van der Waals surface area contributed by atoms with Crippen molar-refractivity contribution in [2.45, 2.75) is 32.7 Å². The largest absolute Gasteiger partial charge is 0.337 e. The Morgan fingerprint density at radius 3 is 2.79 bits per heavy atom. The van der Waals surface area contributed by atoms with E-state index in [0.717, 1.165) is 12.8 Å². The maximum absolute atomic E-state index is 12.0. The van der Waals surface area contributed by atoms with Crippen LogP contribution in [0.2, 0.25) is 0 Å². The lowest BCUT2D eigenvalue weighted by Gasteiger charge is -2.29. The van der Waals surface area contributed by atoms with Crippen molar-refractivity contribution >= 4 is 6.03 Å². The number of piperidine rings is 1. The van der Waals surface area contributed by atoms with Gasteiger partial charge in [0.1, 0.15) is 6.04 Å². The molecule has 0 radical (unpaired) electrons. The van der Waals surface area contributed by atoms with Gasteiger partial charge in [-0.05, 0) is 26.7 Å². The van der Waals surface area contributed by atoms with Gasteiger partial charge in [0, 0.05) is 19.0 Å². The van der Waals surface area contributed by atoms with Crippen molar-refractivity contribution in [1.82, 2.24) is 20.4 Å². The predicted molar refractivity (Wildman–Crippen MR) is 65.9 cm³/mol. The summed E-state index contributed by atoms with van der Waals surface area (Å²) in [4.78, 5) is 17.8. The zero-order chi connectivity index (χ0) is 13.8. The molecule has 0 saturated carbocycles. The number of rotatable bonds is 2. The minimum atomic E-state index is -0.317. The predicted octanol–water partition coefficient (Wildman–Crippen LogP) is 1.38. The Morgan fingerprint density at radius 1 is 1.58 bits per heavy atom. The molecule has 0 aromatic carbocycles. The first-order chi connectivity index (χ1) is 9.10. The first-order valence-corrected chi connectivity index (χ1v) is 6.35. The molecule has 7 heteroatoms. The Balaban J connectivity index is 1.86. The number of nitrogens with zero attached hydrogens (tertiary/aromatic N) is 4. The van der Waals surface area contributed by atoms with Crippen LogP contribution in [0.3, 0.4) is 0 Å². The average Bonchev–Trinajstić information content (AvgIpc) is 2.85. The summed E-state index contributed by atoms with van der Waals surface area (Å²) in [6.07, 6.45) is 1.47. The number of nitriles is 1. The van der Waals surface area contributed by atoms with Crippen LogP contribution in [0.4, 0.5) is 4.79 Å². The highest BCUT2D eigenvalue weighted by Crippen LogP contribution is 2.17. The van der Waals surface area contributed by atoms with E-state index in [1.165, 1.54) is 0 Å². The number of urea groups is 1. The van der Waals surface area contributed by atoms with Crippen molar-refractivity contribution in [3.8, 4) is 6.07 Å². The standard InChI is InChI=1S/C12H17N5O2/c1-8(11-15-9(2)16-19-11)14-12(18)17-5-3-10(7-13)4-6-17/h8,10H,3-6H2,1-2H3,(H,14,18)/t8-/m1/s1. The number of likely N-dealkylation sites (tertiary alicyclic amines) is 1. The van der Waals surface area contributed by atoms with Crippen LogP contribution in [0, 0.1) is 24.2 Å². The summed E-state index contributed by atoms with van der Waals surface area (Å²) in [6, 6.07) is 1.77. The zero-order valence-corrected chi connectivity index (χ0v) is 11.1. The van der Waals surface area contributed by atoms with E-state index < -0.39 is 0 Å². The number of carbonyl (C=O) groups is 1. The van der Waals surface area contributed by atoms with Gasteiger partial charge in [0.2, 0.25) is 5.89 Å². The van der Waals surface area contributed by atoms with Crippen LogP contribution >= 0.6 is 0 Å². The van der Waals surface area contributed by atoms with Gasteiger partial charge in [0.25, 0.3) is 0 Å². The van der Waals surface area contributed by atoms with Crippen LogP contribution in [0.15, 0.2) is 4.52 Å². The molecule has 1 N–H and O–H groups in total. The summed E-state index contributed by atoms with van der Waals surface area (Å²) in [5.74, 6) is 1.02. The fourth-order valence-corrected chi connectivity index (χ4v) is 2.04. The number of amides is 2. The first kappa shape index (κ1) is 13.3. The van der Waals surface area contributed by atoms with Gasteiger partial charge < -0.3 is 14.7 Å². The molecule has 1 aliphatic heterocycles. The van der Waals surface area contributed by atoms with Gasteiger partial charge in [-0.25, -0.2) is 4.79 Å². The average molecular weight is 263 g/mol. The Labute approximate surface area is 111 Å². The summed E-state index contributed by atoms with van der Waals surface area (Å²) >= 11 is 0. The van der Waals surface area contributed by atoms with E-state index in [1.807, 2.05) is 0 Å². The molecule has 1 aromatic heterocycles. The van der Waals surface area contributed by atoms with E-state index in [0.29, 0.717) is 24.8 Å². The molecule has 0 unspecified atom stereocenters. The van der Waals surface area contributed by atoms with Crippen LogP contribution in [-0.2, 0) is 0 Å². The summed E-state index contributed by atoms with van der Waals surface area (Å²) in [6.45, 7) is 4.75. The number of hydrogen-bond acceptors (Lipinski definition) is 5. The van der Waals surface area contributed by atoms with Gasteiger partial charge in [-0.2, -0.15) is 10.2 Å². The smallest absolute Gasteiger partial charge is 0.318 e. The van der Waals surface area contributed by atoms with E-state index in [1.54, 1.807) is 18.7 Å². The summed E-state index contributed by atoms with van der Waals surface area (Å²) in [5, 5.41) is 15.3. The minimum Gasteiger partial charge on any atom is -0.337 e. The van der Waals surface area contributed by atoms with Crippen LogP contribution < -0.4 is 5.32 Å². The number of nitrogens with one attached hydrogen (secondary N) is 1. The van der Waals surface area contributed by atoms with E-state index in [9.17, 15) is 4.79 Å². The minimum absolute atomic E-state index is 0.0695. The second kappa shape index (κ2) is 5.69. The first-order valence-electron chi connectivity index (χ1n) is 6.35.